The maximum Gasteiger partial charge on any atom is 0.0921 e. The van der Waals surface area contributed by atoms with Gasteiger partial charge < -0.3 is 0 Å². The summed E-state index contributed by atoms with van der Waals surface area (Å²) in [7, 11) is 0. The third-order valence-electron chi connectivity index (χ3n) is 2.40. The van der Waals surface area contributed by atoms with Gasteiger partial charge in [0.25, 0.3) is 0 Å². The van der Waals surface area contributed by atoms with E-state index in [-0.39, 0.29) is 0 Å². The molecule has 0 aromatic carbocycles. The Bertz CT molecular complexity index is 454. The van der Waals surface area contributed by atoms with E-state index in [4.69, 9.17) is 0 Å². The summed E-state index contributed by atoms with van der Waals surface area (Å²) in [4.78, 5) is 9.03. The van der Waals surface area contributed by atoms with Crippen LogP contribution < -0.4 is 0 Å². The van der Waals surface area contributed by atoms with Gasteiger partial charge in [-0.05, 0) is 51.0 Å². The summed E-state index contributed by atoms with van der Waals surface area (Å²) in [6, 6.07) is 4.16. The quantitative estimate of drug-likeness (QED) is 0.667. The first-order chi connectivity index (χ1) is 7.58. The largest absolute Gasteiger partial charge is 0.251 e. The van der Waals surface area contributed by atoms with Crippen LogP contribution in [0.4, 0.5) is 0 Å². The number of aromatic nitrogens is 2. The van der Waals surface area contributed by atoms with Crippen LogP contribution in [0.3, 0.4) is 0 Å². The number of fused-ring (bicyclic) bond motifs is 1. The first kappa shape index (κ1) is 12.6. The predicted octanol–water partition coefficient (Wildman–Crippen LogP) is 3.89. The van der Waals surface area contributed by atoms with E-state index in [1.807, 2.05) is 27.7 Å². The molecule has 0 atom stereocenters. The van der Waals surface area contributed by atoms with Gasteiger partial charge in [-0.25, -0.2) is 0 Å². The highest BCUT2D eigenvalue weighted by Crippen LogP contribution is 2.19. The van der Waals surface area contributed by atoms with Crippen molar-refractivity contribution >= 4 is 11.0 Å². The Morgan fingerprint density at radius 3 is 1.31 bits per heavy atom. The molecule has 2 nitrogen and oxygen atoms in total. The van der Waals surface area contributed by atoms with Crippen LogP contribution in [-0.2, 0) is 0 Å². The second kappa shape index (κ2) is 5.06. The minimum atomic E-state index is 1.04. The topological polar surface area (TPSA) is 25.8 Å². The average Bonchev–Trinajstić information content (AvgIpc) is 2.23. The van der Waals surface area contributed by atoms with Gasteiger partial charge in [0.1, 0.15) is 0 Å². The zero-order valence-electron chi connectivity index (χ0n) is 11.0. The zero-order valence-corrected chi connectivity index (χ0v) is 11.0. The maximum absolute atomic E-state index is 4.51. The molecule has 0 amide bonds. The monoisotopic (exact) mass is 216 g/mol. The van der Waals surface area contributed by atoms with Gasteiger partial charge in [-0.15, -0.1) is 0 Å². The van der Waals surface area contributed by atoms with Crippen LogP contribution in [0.2, 0.25) is 0 Å². The Balaban J connectivity index is 0.000000606. The highest BCUT2D eigenvalue weighted by Gasteiger charge is 2.05. The molecule has 0 unspecified atom stereocenters. The van der Waals surface area contributed by atoms with Gasteiger partial charge >= 0.3 is 0 Å². The van der Waals surface area contributed by atoms with Gasteiger partial charge in [0.15, 0.2) is 0 Å². The summed E-state index contributed by atoms with van der Waals surface area (Å²) in [5, 5.41) is 0. The molecule has 2 heterocycles. The van der Waals surface area contributed by atoms with Crippen molar-refractivity contribution in [3.63, 3.8) is 0 Å². The molecule has 2 aromatic rings. The lowest BCUT2D eigenvalue weighted by molar-refractivity contribution is 1.16. The summed E-state index contributed by atoms with van der Waals surface area (Å²) < 4.78 is 0. The van der Waals surface area contributed by atoms with Crippen LogP contribution >= 0.6 is 0 Å². The van der Waals surface area contributed by atoms with Crippen LogP contribution in [0.1, 0.15) is 36.4 Å². The van der Waals surface area contributed by atoms with Gasteiger partial charge in [0.05, 0.1) is 11.0 Å². The second-order valence-corrected chi connectivity index (χ2v) is 3.86. The van der Waals surface area contributed by atoms with Crippen LogP contribution in [0, 0.1) is 27.7 Å². The van der Waals surface area contributed by atoms with E-state index in [2.05, 4.69) is 35.9 Å². The summed E-state index contributed by atoms with van der Waals surface area (Å²) in [5.41, 5.74) is 6.60. The van der Waals surface area contributed by atoms with Gasteiger partial charge in [-0.2, -0.15) is 0 Å². The van der Waals surface area contributed by atoms with E-state index < -0.39 is 0 Å². The maximum atomic E-state index is 4.51. The minimum Gasteiger partial charge on any atom is -0.251 e. The Morgan fingerprint density at radius 2 is 1.00 bits per heavy atom. The molecule has 2 rings (SSSR count). The SMILES string of the molecule is CC.Cc1cc(C)c2nc(C)cc(C)c2n1. The van der Waals surface area contributed by atoms with Gasteiger partial charge in [0.2, 0.25) is 0 Å². The highest BCUT2D eigenvalue weighted by atomic mass is 14.8. The summed E-state index contributed by atoms with van der Waals surface area (Å²) in [6.07, 6.45) is 0. The molecule has 0 saturated heterocycles. The molecule has 2 heteroatoms. The van der Waals surface area contributed by atoms with E-state index in [1.54, 1.807) is 0 Å². The van der Waals surface area contributed by atoms with Crippen molar-refractivity contribution in [2.75, 3.05) is 0 Å². The predicted molar refractivity (Wildman–Crippen MR) is 69.8 cm³/mol. The van der Waals surface area contributed by atoms with Crippen molar-refractivity contribution in [3.05, 3.63) is 34.6 Å². The fourth-order valence-electron chi connectivity index (χ4n) is 1.84. The molecular weight excluding hydrogens is 196 g/mol. The molecule has 2 aromatic heterocycles. The molecule has 0 saturated carbocycles. The van der Waals surface area contributed by atoms with E-state index in [0.29, 0.717) is 0 Å². The van der Waals surface area contributed by atoms with Gasteiger partial charge in [0, 0.05) is 11.4 Å². The normalized spacial score (nSPS) is 9.88. The third kappa shape index (κ3) is 2.38. The van der Waals surface area contributed by atoms with Crippen molar-refractivity contribution in [2.24, 2.45) is 0 Å². The van der Waals surface area contributed by atoms with Crippen molar-refractivity contribution in [1.82, 2.24) is 9.97 Å². The molecule has 0 spiro atoms. The number of hydrogen-bond acceptors (Lipinski definition) is 2. The van der Waals surface area contributed by atoms with E-state index >= 15 is 0 Å². The van der Waals surface area contributed by atoms with Crippen molar-refractivity contribution in [2.45, 2.75) is 41.5 Å². The Hall–Kier alpha value is -1.44. The first-order valence-corrected chi connectivity index (χ1v) is 5.80. The smallest absolute Gasteiger partial charge is 0.0921 e. The van der Waals surface area contributed by atoms with Crippen LogP contribution in [0.15, 0.2) is 12.1 Å². The van der Waals surface area contributed by atoms with Crippen molar-refractivity contribution in [3.8, 4) is 0 Å². The molecule has 0 aliphatic carbocycles. The van der Waals surface area contributed by atoms with Gasteiger partial charge in [-0.3, -0.25) is 9.97 Å². The van der Waals surface area contributed by atoms with Gasteiger partial charge in [-0.1, -0.05) is 13.8 Å². The summed E-state index contributed by atoms with van der Waals surface area (Å²) in [5.74, 6) is 0. The van der Waals surface area contributed by atoms with Crippen molar-refractivity contribution < 1.29 is 0 Å². The van der Waals surface area contributed by atoms with Crippen LogP contribution in [0.25, 0.3) is 11.0 Å². The fourth-order valence-corrected chi connectivity index (χ4v) is 1.84. The highest BCUT2D eigenvalue weighted by molar-refractivity contribution is 5.81. The summed E-state index contributed by atoms with van der Waals surface area (Å²) >= 11 is 0. The Morgan fingerprint density at radius 1 is 0.688 bits per heavy atom. The molecule has 0 N–H and O–H groups in total. The Labute approximate surface area is 97.7 Å². The first-order valence-electron chi connectivity index (χ1n) is 5.80. The lowest BCUT2D eigenvalue weighted by Gasteiger charge is -2.06. The number of aryl methyl sites for hydroxylation is 4. The standard InChI is InChI=1S/C12H14N2.C2H6/c1-7-5-9(3)14-12-8(2)6-10(4)13-11(7)12;1-2/h5-6H,1-4H3;1-2H3. The second-order valence-electron chi connectivity index (χ2n) is 3.86. The minimum absolute atomic E-state index is 1.04. The molecule has 16 heavy (non-hydrogen) atoms. The third-order valence-corrected chi connectivity index (χ3v) is 2.40. The molecular formula is C14H20N2. The van der Waals surface area contributed by atoms with E-state index in [1.165, 1.54) is 11.1 Å². The molecule has 0 fully saturated rings. The van der Waals surface area contributed by atoms with Crippen LogP contribution in [0.5, 0.6) is 0 Å². The molecule has 0 radical (unpaired) electrons. The number of hydrogen-bond donors (Lipinski definition) is 0. The molecule has 0 bridgehead atoms. The Kier molecular flexibility index (Phi) is 3.99. The van der Waals surface area contributed by atoms with Crippen LogP contribution in [-0.4, -0.2) is 9.97 Å². The van der Waals surface area contributed by atoms with Crippen molar-refractivity contribution in [1.29, 1.82) is 0 Å². The molecule has 0 aliphatic rings. The lowest BCUT2D eigenvalue weighted by atomic mass is 10.1. The lowest BCUT2D eigenvalue weighted by Crippen LogP contribution is -1.94. The molecule has 86 valence electrons. The molecule has 0 aliphatic heterocycles. The fraction of sp³-hybridized carbons (Fsp3) is 0.429. The zero-order chi connectivity index (χ0) is 12.3. The number of pyridine rings is 2. The van der Waals surface area contributed by atoms with E-state index in [9.17, 15) is 0 Å². The number of rotatable bonds is 0. The number of nitrogens with zero attached hydrogens (tertiary/aromatic N) is 2. The van der Waals surface area contributed by atoms with E-state index in [0.717, 1.165) is 22.4 Å². The summed E-state index contributed by atoms with van der Waals surface area (Å²) in [6.45, 7) is 12.2. The average molecular weight is 216 g/mol.